The van der Waals surface area contributed by atoms with Gasteiger partial charge in [-0.05, 0) is 24.1 Å². The first-order valence-corrected chi connectivity index (χ1v) is 6.96. The van der Waals surface area contributed by atoms with Crippen LogP contribution in [0, 0.1) is 0 Å². The summed E-state index contributed by atoms with van der Waals surface area (Å²) in [6.45, 7) is 2.83. The minimum absolute atomic E-state index is 0.0407. The van der Waals surface area contributed by atoms with Crippen LogP contribution in [-0.2, 0) is 16.1 Å². The molecule has 1 unspecified atom stereocenters. The lowest BCUT2D eigenvalue weighted by Gasteiger charge is -2.24. The highest BCUT2D eigenvalue weighted by Crippen LogP contribution is 2.16. The van der Waals surface area contributed by atoms with E-state index in [2.05, 4.69) is 5.32 Å². The Morgan fingerprint density at radius 3 is 2.90 bits per heavy atom. The van der Waals surface area contributed by atoms with Gasteiger partial charge in [-0.3, -0.25) is 9.59 Å². The monoisotopic (exact) mass is 276 g/mol. The summed E-state index contributed by atoms with van der Waals surface area (Å²) in [6, 6.07) is 6.43. The van der Waals surface area contributed by atoms with Crippen molar-refractivity contribution in [3.63, 3.8) is 0 Å². The van der Waals surface area contributed by atoms with E-state index in [1.165, 1.54) is 0 Å². The smallest absolute Gasteiger partial charge is 0.245 e. The highest BCUT2D eigenvalue weighted by Gasteiger charge is 2.28. The molecule has 2 N–H and O–H groups in total. The molecule has 5 heteroatoms. The molecule has 0 spiro atoms. The second-order valence-electron chi connectivity index (χ2n) is 5.09. The summed E-state index contributed by atoms with van der Waals surface area (Å²) >= 11 is 0. The Morgan fingerprint density at radius 2 is 2.20 bits per heavy atom. The molecule has 0 radical (unpaired) electrons. The second-order valence-corrected chi connectivity index (χ2v) is 5.09. The fraction of sp³-hybridized carbons (Fsp3) is 0.467. The van der Waals surface area contributed by atoms with Gasteiger partial charge in [0.15, 0.2) is 0 Å². The SMILES string of the molecule is CCCC1NC(=O)CCN(Cc2cccc(O)c2)C1=O. The summed E-state index contributed by atoms with van der Waals surface area (Å²) in [5.74, 6) is 0.0698. The zero-order valence-corrected chi connectivity index (χ0v) is 11.6. The lowest BCUT2D eigenvalue weighted by atomic mass is 10.1. The van der Waals surface area contributed by atoms with Crippen molar-refractivity contribution in [2.24, 2.45) is 0 Å². The molecule has 1 aromatic rings. The van der Waals surface area contributed by atoms with Gasteiger partial charge in [-0.15, -0.1) is 0 Å². The molecule has 0 aliphatic carbocycles. The Kier molecular flexibility index (Phi) is 4.61. The third-order valence-electron chi connectivity index (χ3n) is 3.42. The van der Waals surface area contributed by atoms with Gasteiger partial charge in [0.05, 0.1) is 0 Å². The fourth-order valence-corrected chi connectivity index (χ4v) is 2.41. The van der Waals surface area contributed by atoms with Gasteiger partial charge in [0.25, 0.3) is 0 Å². The normalized spacial score (nSPS) is 19.6. The number of carbonyl (C=O) groups is 2. The Hall–Kier alpha value is -2.04. The van der Waals surface area contributed by atoms with Crippen LogP contribution in [0.3, 0.4) is 0 Å². The number of hydrogen-bond acceptors (Lipinski definition) is 3. The zero-order chi connectivity index (χ0) is 14.5. The van der Waals surface area contributed by atoms with Crippen LogP contribution in [0.15, 0.2) is 24.3 Å². The van der Waals surface area contributed by atoms with Crippen LogP contribution in [-0.4, -0.2) is 34.4 Å². The number of nitrogens with one attached hydrogen (secondary N) is 1. The first-order chi connectivity index (χ1) is 9.60. The van der Waals surface area contributed by atoms with Crippen LogP contribution in [0.4, 0.5) is 0 Å². The number of amides is 2. The molecule has 1 aromatic carbocycles. The maximum atomic E-state index is 12.4. The van der Waals surface area contributed by atoms with Crippen LogP contribution in [0.5, 0.6) is 5.75 Å². The van der Waals surface area contributed by atoms with Crippen molar-refractivity contribution in [1.29, 1.82) is 0 Å². The number of rotatable bonds is 4. The van der Waals surface area contributed by atoms with Crippen molar-refractivity contribution >= 4 is 11.8 Å². The van der Waals surface area contributed by atoms with Gasteiger partial charge < -0.3 is 15.3 Å². The van der Waals surface area contributed by atoms with Crippen molar-refractivity contribution in [2.75, 3.05) is 6.54 Å². The maximum absolute atomic E-state index is 12.4. The molecule has 1 fully saturated rings. The number of benzene rings is 1. The molecule has 2 amide bonds. The van der Waals surface area contributed by atoms with Crippen LogP contribution in [0.2, 0.25) is 0 Å². The van der Waals surface area contributed by atoms with E-state index in [0.29, 0.717) is 25.9 Å². The summed E-state index contributed by atoms with van der Waals surface area (Å²) < 4.78 is 0. The molecular weight excluding hydrogens is 256 g/mol. The standard InChI is InChI=1S/C15H20N2O3/c1-2-4-13-15(20)17(8-7-14(19)16-13)10-11-5-3-6-12(18)9-11/h3,5-6,9,13,18H,2,4,7-8,10H2,1H3,(H,16,19). The minimum Gasteiger partial charge on any atom is -0.508 e. The highest BCUT2D eigenvalue weighted by atomic mass is 16.3. The Balaban J connectivity index is 2.12. The molecule has 1 saturated heterocycles. The zero-order valence-electron chi connectivity index (χ0n) is 11.6. The van der Waals surface area contributed by atoms with Gasteiger partial charge in [-0.25, -0.2) is 0 Å². The lowest BCUT2D eigenvalue weighted by Crippen LogP contribution is -2.44. The van der Waals surface area contributed by atoms with Gasteiger partial charge in [0.2, 0.25) is 11.8 Å². The predicted octanol–water partition coefficient (Wildman–Crippen LogP) is 1.41. The molecule has 1 aliphatic rings. The van der Waals surface area contributed by atoms with Gasteiger partial charge in [0, 0.05) is 19.5 Å². The van der Waals surface area contributed by atoms with Crippen molar-refractivity contribution in [3.05, 3.63) is 29.8 Å². The highest BCUT2D eigenvalue weighted by molar-refractivity contribution is 5.89. The molecule has 1 aliphatic heterocycles. The van der Waals surface area contributed by atoms with Crippen molar-refractivity contribution in [2.45, 2.75) is 38.8 Å². The number of phenols is 1. The first-order valence-electron chi connectivity index (χ1n) is 6.96. The molecule has 20 heavy (non-hydrogen) atoms. The van der Waals surface area contributed by atoms with Crippen molar-refractivity contribution < 1.29 is 14.7 Å². The number of phenolic OH excluding ortho intramolecular Hbond substituents is 1. The molecule has 0 saturated carbocycles. The second kappa shape index (κ2) is 6.41. The van der Waals surface area contributed by atoms with E-state index < -0.39 is 6.04 Å². The third kappa shape index (κ3) is 3.50. The fourth-order valence-electron chi connectivity index (χ4n) is 2.41. The number of carbonyl (C=O) groups excluding carboxylic acids is 2. The van der Waals surface area contributed by atoms with Crippen LogP contribution in [0.1, 0.15) is 31.7 Å². The van der Waals surface area contributed by atoms with E-state index in [1.54, 1.807) is 23.1 Å². The molecule has 1 atom stereocenters. The Labute approximate surface area is 118 Å². The van der Waals surface area contributed by atoms with Crippen LogP contribution < -0.4 is 5.32 Å². The summed E-state index contributed by atoms with van der Waals surface area (Å²) in [5, 5.41) is 12.2. The number of aromatic hydroxyl groups is 1. The predicted molar refractivity (Wildman–Crippen MR) is 75.0 cm³/mol. The molecule has 5 nitrogen and oxygen atoms in total. The summed E-state index contributed by atoms with van der Waals surface area (Å²) in [5.41, 5.74) is 0.864. The van der Waals surface area contributed by atoms with Crippen LogP contribution >= 0.6 is 0 Å². The summed E-state index contributed by atoms with van der Waals surface area (Å²) in [7, 11) is 0. The van der Waals surface area contributed by atoms with Crippen LogP contribution in [0.25, 0.3) is 0 Å². The van der Waals surface area contributed by atoms with E-state index in [0.717, 1.165) is 12.0 Å². The number of nitrogens with zero attached hydrogens (tertiary/aromatic N) is 1. The first kappa shape index (κ1) is 14.4. The largest absolute Gasteiger partial charge is 0.508 e. The van der Waals surface area contributed by atoms with E-state index in [-0.39, 0.29) is 17.6 Å². The molecule has 2 rings (SSSR count). The van der Waals surface area contributed by atoms with E-state index >= 15 is 0 Å². The van der Waals surface area contributed by atoms with Gasteiger partial charge in [-0.2, -0.15) is 0 Å². The molecule has 108 valence electrons. The minimum atomic E-state index is -0.424. The molecule has 0 aromatic heterocycles. The van der Waals surface area contributed by atoms with Gasteiger partial charge in [-0.1, -0.05) is 25.5 Å². The average molecular weight is 276 g/mol. The Morgan fingerprint density at radius 1 is 1.40 bits per heavy atom. The topological polar surface area (TPSA) is 69.6 Å². The average Bonchev–Trinajstić information content (AvgIpc) is 2.53. The van der Waals surface area contributed by atoms with E-state index in [1.807, 2.05) is 13.0 Å². The molecular formula is C15H20N2O3. The Bertz CT molecular complexity index is 502. The quantitative estimate of drug-likeness (QED) is 0.873. The molecule has 0 bridgehead atoms. The van der Waals surface area contributed by atoms with E-state index in [9.17, 15) is 14.7 Å². The summed E-state index contributed by atoms with van der Waals surface area (Å²) in [6.07, 6.45) is 1.82. The van der Waals surface area contributed by atoms with Crippen molar-refractivity contribution in [3.8, 4) is 5.75 Å². The molecule has 1 heterocycles. The van der Waals surface area contributed by atoms with E-state index in [4.69, 9.17) is 0 Å². The van der Waals surface area contributed by atoms with Gasteiger partial charge in [0.1, 0.15) is 11.8 Å². The maximum Gasteiger partial charge on any atom is 0.245 e. The van der Waals surface area contributed by atoms with Crippen molar-refractivity contribution in [1.82, 2.24) is 10.2 Å². The summed E-state index contributed by atoms with van der Waals surface area (Å²) in [4.78, 5) is 25.7. The third-order valence-corrected chi connectivity index (χ3v) is 3.42. The number of hydrogen-bond donors (Lipinski definition) is 2. The lowest BCUT2D eigenvalue weighted by molar-refractivity contribution is -0.134. The van der Waals surface area contributed by atoms with Gasteiger partial charge >= 0.3 is 0 Å².